The third kappa shape index (κ3) is 5.81. The summed E-state index contributed by atoms with van der Waals surface area (Å²) in [5.74, 6) is -0.0237. The van der Waals surface area contributed by atoms with E-state index in [4.69, 9.17) is 5.73 Å². The van der Waals surface area contributed by atoms with Crippen molar-refractivity contribution in [2.45, 2.75) is 32.4 Å². The van der Waals surface area contributed by atoms with Crippen LogP contribution in [0.1, 0.15) is 31.9 Å². The summed E-state index contributed by atoms with van der Waals surface area (Å²) in [6.07, 6.45) is 0.662. The molecule has 1 aromatic rings. The average molecular weight is 295 g/mol. The Labute approximate surface area is 126 Å². The molecule has 3 N–H and O–H groups in total. The minimum absolute atomic E-state index is 0.0131. The first-order chi connectivity index (χ1) is 9.81. The number of likely N-dealkylation sites (N-methyl/N-ethyl adjacent to an activating group) is 1. The number of carbonyl (C=O) groups excluding carboxylic acids is 1. The summed E-state index contributed by atoms with van der Waals surface area (Å²) in [6, 6.07) is 5.83. The van der Waals surface area contributed by atoms with E-state index in [1.165, 1.54) is 12.1 Å². The Balaban J connectivity index is 2.64. The second-order valence-corrected chi connectivity index (χ2v) is 6.01. The van der Waals surface area contributed by atoms with Crippen LogP contribution in [0.2, 0.25) is 0 Å². The molecule has 4 nitrogen and oxygen atoms in total. The van der Waals surface area contributed by atoms with E-state index in [1.807, 2.05) is 32.8 Å². The third-order valence-electron chi connectivity index (χ3n) is 3.41. The van der Waals surface area contributed by atoms with Gasteiger partial charge in [-0.05, 0) is 44.1 Å². The predicted octanol–water partition coefficient (Wildman–Crippen LogP) is 1.92. The molecule has 0 radical (unpaired) electrons. The average Bonchev–Trinajstić information content (AvgIpc) is 2.39. The number of amides is 1. The van der Waals surface area contributed by atoms with Crippen molar-refractivity contribution in [2.75, 3.05) is 20.6 Å². The molecule has 1 aromatic carbocycles. The highest BCUT2D eigenvalue weighted by Gasteiger charge is 2.19. The summed E-state index contributed by atoms with van der Waals surface area (Å²) in [5.41, 5.74) is 6.82. The van der Waals surface area contributed by atoms with Gasteiger partial charge in [-0.1, -0.05) is 26.0 Å². The number of nitrogens with zero attached hydrogens (tertiary/aromatic N) is 1. The third-order valence-corrected chi connectivity index (χ3v) is 3.41. The van der Waals surface area contributed by atoms with Gasteiger partial charge in [0.1, 0.15) is 5.82 Å². The zero-order valence-corrected chi connectivity index (χ0v) is 13.3. The highest BCUT2D eigenvalue weighted by molar-refractivity contribution is 5.81. The van der Waals surface area contributed by atoms with Gasteiger partial charge in [0.2, 0.25) is 5.91 Å². The fraction of sp³-hybridized carbons (Fsp3) is 0.562. The highest BCUT2D eigenvalue weighted by atomic mass is 19.1. The minimum Gasteiger partial charge on any atom is -0.353 e. The van der Waals surface area contributed by atoms with Gasteiger partial charge in [-0.3, -0.25) is 4.79 Å². The molecule has 0 saturated carbocycles. The molecule has 5 heteroatoms. The van der Waals surface area contributed by atoms with E-state index in [2.05, 4.69) is 5.32 Å². The van der Waals surface area contributed by atoms with Gasteiger partial charge < -0.3 is 16.0 Å². The van der Waals surface area contributed by atoms with Crippen LogP contribution in [0.15, 0.2) is 24.3 Å². The minimum atomic E-state index is -0.485. The Hall–Kier alpha value is -1.46. The molecule has 2 atom stereocenters. The molecule has 21 heavy (non-hydrogen) atoms. The van der Waals surface area contributed by atoms with Crippen molar-refractivity contribution in [2.24, 2.45) is 11.7 Å². The zero-order valence-electron chi connectivity index (χ0n) is 13.3. The van der Waals surface area contributed by atoms with Crippen LogP contribution in [0.5, 0.6) is 0 Å². The SMILES string of the molecule is CC(C)C[C@H](N)C(=O)NCC(c1ccc(F)cc1)N(C)C. The number of nitrogens with one attached hydrogen (secondary N) is 1. The predicted molar refractivity (Wildman–Crippen MR) is 83.3 cm³/mol. The largest absolute Gasteiger partial charge is 0.353 e. The molecular formula is C16H26FN3O. The molecule has 1 rings (SSSR count). The Morgan fingerprint density at radius 2 is 1.86 bits per heavy atom. The number of carbonyl (C=O) groups is 1. The maximum atomic E-state index is 13.0. The van der Waals surface area contributed by atoms with E-state index in [1.54, 1.807) is 12.1 Å². The Morgan fingerprint density at radius 3 is 2.33 bits per heavy atom. The molecule has 118 valence electrons. The fourth-order valence-corrected chi connectivity index (χ4v) is 2.23. The Bertz CT molecular complexity index is 445. The van der Waals surface area contributed by atoms with Crippen molar-refractivity contribution in [3.05, 3.63) is 35.6 Å². The number of hydrogen-bond acceptors (Lipinski definition) is 3. The lowest BCUT2D eigenvalue weighted by atomic mass is 10.0. The van der Waals surface area contributed by atoms with Crippen molar-refractivity contribution in [3.8, 4) is 0 Å². The molecule has 0 aromatic heterocycles. The summed E-state index contributed by atoms with van der Waals surface area (Å²) >= 11 is 0. The smallest absolute Gasteiger partial charge is 0.236 e. The second-order valence-electron chi connectivity index (χ2n) is 6.01. The van der Waals surface area contributed by atoms with Crippen LogP contribution in [-0.4, -0.2) is 37.5 Å². The lowest BCUT2D eigenvalue weighted by Gasteiger charge is -2.26. The van der Waals surface area contributed by atoms with Gasteiger partial charge >= 0.3 is 0 Å². The summed E-state index contributed by atoms with van der Waals surface area (Å²) in [7, 11) is 3.85. The van der Waals surface area contributed by atoms with Crippen LogP contribution >= 0.6 is 0 Å². The van der Waals surface area contributed by atoms with Crippen LogP contribution in [-0.2, 0) is 4.79 Å². The van der Waals surface area contributed by atoms with E-state index in [0.29, 0.717) is 18.9 Å². The van der Waals surface area contributed by atoms with Gasteiger partial charge in [0, 0.05) is 6.54 Å². The molecule has 0 spiro atoms. The first-order valence-electron chi connectivity index (χ1n) is 7.26. The van der Waals surface area contributed by atoms with Gasteiger partial charge in [-0.15, -0.1) is 0 Å². The van der Waals surface area contributed by atoms with Crippen molar-refractivity contribution in [1.29, 1.82) is 0 Å². The van der Waals surface area contributed by atoms with Crippen LogP contribution in [0.4, 0.5) is 4.39 Å². The summed E-state index contributed by atoms with van der Waals surface area (Å²) in [6.45, 7) is 4.52. The summed E-state index contributed by atoms with van der Waals surface area (Å²) in [4.78, 5) is 14.0. The number of halogens is 1. The zero-order chi connectivity index (χ0) is 16.0. The second kappa shape index (κ2) is 8.10. The molecule has 0 saturated heterocycles. The molecular weight excluding hydrogens is 269 g/mol. The van der Waals surface area contributed by atoms with E-state index in [0.717, 1.165) is 5.56 Å². The van der Waals surface area contributed by atoms with Crippen molar-refractivity contribution < 1.29 is 9.18 Å². The van der Waals surface area contributed by atoms with Crippen LogP contribution in [0.25, 0.3) is 0 Å². The van der Waals surface area contributed by atoms with Gasteiger partial charge in [-0.25, -0.2) is 4.39 Å². The van der Waals surface area contributed by atoms with Gasteiger partial charge in [0.05, 0.1) is 12.1 Å². The number of benzene rings is 1. The molecule has 0 aliphatic carbocycles. The highest BCUT2D eigenvalue weighted by Crippen LogP contribution is 2.17. The van der Waals surface area contributed by atoms with Crippen LogP contribution < -0.4 is 11.1 Å². The van der Waals surface area contributed by atoms with Gasteiger partial charge in [0.25, 0.3) is 0 Å². The summed E-state index contributed by atoms with van der Waals surface area (Å²) in [5, 5.41) is 2.88. The van der Waals surface area contributed by atoms with Gasteiger partial charge in [-0.2, -0.15) is 0 Å². The monoisotopic (exact) mass is 295 g/mol. The Morgan fingerprint density at radius 1 is 1.29 bits per heavy atom. The first-order valence-corrected chi connectivity index (χ1v) is 7.26. The molecule has 1 unspecified atom stereocenters. The van der Waals surface area contributed by atoms with E-state index < -0.39 is 6.04 Å². The first kappa shape index (κ1) is 17.6. The van der Waals surface area contributed by atoms with Gasteiger partial charge in [0.15, 0.2) is 0 Å². The topological polar surface area (TPSA) is 58.4 Å². The summed E-state index contributed by atoms with van der Waals surface area (Å²) < 4.78 is 13.0. The van der Waals surface area contributed by atoms with E-state index in [9.17, 15) is 9.18 Å². The van der Waals surface area contributed by atoms with Crippen molar-refractivity contribution >= 4 is 5.91 Å². The number of hydrogen-bond donors (Lipinski definition) is 2. The van der Waals surface area contributed by atoms with Crippen LogP contribution in [0.3, 0.4) is 0 Å². The van der Waals surface area contributed by atoms with E-state index in [-0.39, 0.29) is 17.8 Å². The molecule has 0 aliphatic rings. The molecule has 0 bridgehead atoms. The van der Waals surface area contributed by atoms with Crippen molar-refractivity contribution in [3.63, 3.8) is 0 Å². The maximum Gasteiger partial charge on any atom is 0.236 e. The fourth-order valence-electron chi connectivity index (χ4n) is 2.23. The quantitative estimate of drug-likeness (QED) is 0.808. The molecule has 0 aliphatic heterocycles. The normalized spacial score (nSPS) is 14.3. The lowest BCUT2D eigenvalue weighted by Crippen LogP contribution is -2.44. The van der Waals surface area contributed by atoms with E-state index >= 15 is 0 Å². The lowest BCUT2D eigenvalue weighted by molar-refractivity contribution is -0.122. The van der Waals surface area contributed by atoms with Crippen molar-refractivity contribution in [1.82, 2.24) is 10.2 Å². The molecule has 0 fully saturated rings. The maximum absolute atomic E-state index is 13.0. The Kier molecular flexibility index (Phi) is 6.78. The molecule has 1 amide bonds. The number of rotatable bonds is 7. The van der Waals surface area contributed by atoms with Crippen LogP contribution in [0, 0.1) is 11.7 Å². The number of nitrogens with two attached hydrogens (primary N) is 1. The standard InChI is InChI=1S/C16H26FN3O/c1-11(2)9-14(18)16(21)19-10-15(20(3)4)12-5-7-13(17)8-6-12/h5-8,11,14-15H,9-10,18H2,1-4H3,(H,19,21)/t14-,15?/m0/s1. The molecule has 0 heterocycles.